The third-order valence-electron chi connectivity index (χ3n) is 6.30. The molecule has 3 fully saturated rings. The Morgan fingerprint density at radius 1 is 1.27 bits per heavy atom. The van der Waals surface area contributed by atoms with Crippen molar-refractivity contribution in [3.05, 3.63) is 35.5 Å². The molecule has 22 heavy (non-hydrogen) atoms. The van der Waals surface area contributed by atoms with Crippen molar-refractivity contribution in [3.63, 3.8) is 0 Å². The molecule has 0 radical (unpaired) electrons. The molecule has 4 unspecified atom stereocenters. The number of allylic oxidation sites excluding steroid dienone is 3. The first kappa shape index (κ1) is 16.0. The highest BCUT2D eigenvalue weighted by Gasteiger charge is 2.47. The maximum atomic E-state index is 9.94. The Balaban J connectivity index is 1.82. The van der Waals surface area contributed by atoms with E-state index >= 15 is 0 Å². The molecule has 0 spiro atoms. The molecule has 4 N–H and O–H groups in total. The largest absolute Gasteiger partial charge is 0.393 e. The van der Waals surface area contributed by atoms with Gasteiger partial charge >= 0.3 is 0 Å². The zero-order valence-corrected chi connectivity index (χ0v) is 13.6. The Morgan fingerprint density at radius 2 is 2.05 bits per heavy atom. The summed E-state index contributed by atoms with van der Waals surface area (Å²) in [6, 6.07) is 0.321. The fraction of sp³-hybridized carbons (Fsp3) is 0.684. The number of fused-ring (bicyclic) bond motifs is 1. The molecule has 3 nitrogen and oxygen atoms in total. The van der Waals surface area contributed by atoms with Gasteiger partial charge in [0.15, 0.2) is 0 Å². The van der Waals surface area contributed by atoms with Gasteiger partial charge in [0, 0.05) is 12.5 Å². The van der Waals surface area contributed by atoms with Gasteiger partial charge in [-0.3, -0.25) is 0 Å². The molecule has 0 heterocycles. The van der Waals surface area contributed by atoms with Gasteiger partial charge in [0.2, 0.25) is 0 Å². The van der Waals surface area contributed by atoms with E-state index in [1.165, 1.54) is 24.8 Å². The summed E-state index contributed by atoms with van der Waals surface area (Å²) in [4.78, 5) is 0. The SMILES string of the molecule is C=C1/C(=C/C=C2/CCCC3(C)C(N)CCC23)CC(O)C[C@@H]1O. The molecule has 3 rings (SSSR count). The molecule has 0 amide bonds. The third kappa shape index (κ3) is 2.70. The molecule has 3 aliphatic rings. The van der Waals surface area contributed by atoms with E-state index in [1.807, 2.05) is 0 Å². The van der Waals surface area contributed by atoms with Crippen LogP contribution in [0.3, 0.4) is 0 Å². The zero-order valence-electron chi connectivity index (χ0n) is 13.6. The molecule has 0 bridgehead atoms. The number of aliphatic hydroxyl groups is 2. The first-order valence-corrected chi connectivity index (χ1v) is 8.62. The minimum atomic E-state index is -0.607. The second-order valence-electron chi connectivity index (χ2n) is 7.66. The van der Waals surface area contributed by atoms with Crippen LogP contribution >= 0.6 is 0 Å². The standard InChI is InChI=1S/C19H29NO2/c1-12-14(10-15(21)11-17(12)22)6-5-13-4-3-9-19(2)16(13)7-8-18(19)20/h5-6,15-18,21-22H,1,3-4,7-11,20H2,2H3/b13-5-,14-6+/t15?,16?,17-,18?,19?/m0/s1. The van der Waals surface area contributed by atoms with Gasteiger partial charge < -0.3 is 15.9 Å². The second kappa shape index (κ2) is 5.95. The van der Waals surface area contributed by atoms with Crippen LogP contribution in [0.15, 0.2) is 35.5 Å². The topological polar surface area (TPSA) is 66.5 Å². The lowest BCUT2D eigenvalue weighted by Crippen LogP contribution is -2.41. The lowest BCUT2D eigenvalue weighted by Gasteiger charge is -2.41. The van der Waals surface area contributed by atoms with E-state index in [0.29, 0.717) is 24.8 Å². The lowest BCUT2D eigenvalue weighted by molar-refractivity contribution is 0.0862. The Kier molecular flexibility index (Phi) is 4.32. The van der Waals surface area contributed by atoms with Crippen molar-refractivity contribution in [3.8, 4) is 0 Å². The van der Waals surface area contributed by atoms with E-state index in [2.05, 4.69) is 25.7 Å². The summed E-state index contributed by atoms with van der Waals surface area (Å²) in [5.74, 6) is 0.597. The number of aliphatic hydroxyl groups excluding tert-OH is 2. The predicted octanol–water partition coefficient (Wildman–Crippen LogP) is 2.84. The Morgan fingerprint density at radius 3 is 2.82 bits per heavy atom. The zero-order chi connectivity index (χ0) is 15.9. The normalized spacial score (nSPS) is 46.3. The monoisotopic (exact) mass is 303 g/mol. The fourth-order valence-corrected chi connectivity index (χ4v) is 4.74. The Labute approximate surface area is 133 Å². The molecular weight excluding hydrogens is 274 g/mol. The van der Waals surface area contributed by atoms with Gasteiger partial charge in [0.25, 0.3) is 0 Å². The highest BCUT2D eigenvalue weighted by atomic mass is 16.3. The number of hydrogen-bond acceptors (Lipinski definition) is 3. The molecule has 0 aliphatic heterocycles. The van der Waals surface area contributed by atoms with Gasteiger partial charge in [-0.05, 0) is 61.0 Å². The van der Waals surface area contributed by atoms with Gasteiger partial charge in [-0.2, -0.15) is 0 Å². The van der Waals surface area contributed by atoms with Crippen LogP contribution < -0.4 is 5.73 Å². The van der Waals surface area contributed by atoms with Gasteiger partial charge in [-0.15, -0.1) is 0 Å². The minimum Gasteiger partial charge on any atom is -0.393 e. The van der Waals surface area contributed by atoms with E-state index in [-0.39, 0.29) is 5.41 Å². The highest BCUT2D eigenvalue weighted by Crippen LogP contribution is 2.53. The smallest absolute Gasteiger partial charge is 0.0811 e. The lowest BCUT2D eigenvalue weighted by atomic mass is 9.65. The summed E-state index contributed by atoms with van der Waals surface area (Å²) in [5.41, 5.74) is 9.87. The van der Waals surface area contributed by atoms with Crippen molar-refractivity contribution >= 4 is 0 Å². The molecule has 0 aromatic heterocycles. The maximum absolute atomic E-state index is 9.94. The van der Waals surface area contributed by atoms with Gasteiger partial charge in [-0.25, -0.2) is 0 Å². The Bertz CT molecular complexity index is 522. The van der Waals surface area contributed by atoms with Crippen molar-refractivity contribution in [2.45, 2.75) is 70.1 Å². The van der Waals surface area contributed by atoms with E-state index < -0.39 is 12.2 Å². The van der Waals surface area contributed by atoms with Crippen LogP contribution in [0.5, 0.6) is 0 Å². The summed E-state index contributed by atoms with van der Waals surface area (Å²) in [6.45, 7) is 6.34. The number of hydrogen-bond donors (Lipinski definition) is 3. The second-order valence-corrected chi connectivity index (χ2v) is 7.66. The van der Waals surface area contributed by atoms with Crippen LogP contribution in [-0.2, 0) is 0 Å². The maximum Gasteiger partial charge on any atom is 0.0811 e. The first-order valence-electron chi connectivity index (χ1n) is 8.62. The molecular formula is C19H29NO2. The number of nitrogens with two attached hydrogens (primary N) is 1. The van der Waals surface area contributed by atoms with Gasteiger partial charge in [0.05, 0.1) is 12.2 Å². The van der Waals surface area contributed by atoms with Crippen molar-refractivity contribution in [2.75, 3.05) is 0 Å². The molecule has 5 atom stereocenters. The van der Waals surface area contributed by atoms with Crippen LogP contribution in [0, 0.1) is 11.3 Å². The molecule has 0 aromatic carbocycles. The van der Waals surface area contributed by atoms with Crippen molar-refractivity contribution < 1.29 is 10.2 Å². The van der Waals surface area contributed by atoms with E-state index in [1.54, 1.807) is 0 Å². The third-order valence-corrected chi connectivity index (χ3v) is 6.30. The predicted molar refractivity (Wildman–Crippen MR) is 89.2 cm³/mol. The minimum absolute atomic E-state index is 0.255. The van der Waals surface area contributed by atoms with Crippen LogP contribution in [0.25, 0.3) is 0 Å². The summed E-state index contributed by atoms with van der Waals surface area (Å²) in [7, 11) is 0. The van der Waals surface area contributed by atoms with Crippen molar-refractivity contribution in [2.24, 2.45) is 17.1 Å². The molecule has 0 saturated heterocycles. The average Bonchev–Trinajstić information content (AvgIpc) is 2.77. The van der Waals surface area contributed by atoms with E-state index in [9.17, 15) is 10.2 Å². The van der Waals surface area contributed by atoms with Crippen LogP contribution in [0.1, 0.15) is 51.9 Å². The van der Waals surface area contributed by atoms with Crippen LogP contribution in [0.2, 0.25) is 0 Å². The van der Waals surface area contributed by atoms with Crippen molar-refractivity contribution in [1.82, 2.24) is 0 Å². The summed E-state index contributed by atoms with van der Waals surface area (Å²) in [6.07, 6.45) is 10.2. The van der Waals surface area contributed by atoms with E-state index in [4.69, 9.17) is 5.73 Å². The van der Waals surface area contributed by atoms with Gasteiger partial charge in [-0.1, -0.05) is 31.2 Å². The molecule has 3 heteroatoms. The Hall–Kier alpha value is -0.900. The molecule has 0 aromatic rings. The van der Waals surface area contributed by atoms with Gasteiger partial charge in [0.1, 0.15) is 0 Å². The van der Waals surface area contributed by atoms with Crippen LogP contribution in [-0.4, -0.2) is 28.5 Å². The van der Waals surface area contributed by atoms with Crippen molar-refractivity contribution in [1.29, 1.82) is 0 Å². The highest BCUT2D eigenvalue weighted by molar-refractivity contribution is 5.38. The average molecular weight is 303 g/mol. The van der Waals surface area contributed by atoms with E-state index in [0.717, 1.165) is 24.0 Å². The summed E-state index contributed by atoms with van der Waals surface area (Å²) >= 11 is 0. The molecule has 122 valence electrons. The fourth-order valence-electron chi connectivity index (χ4n) is 4.74. The summed E-state index contributed by atoms with van der Waals surface area (Å²) < 4.78 is 0. The number of rotatable bonds is 1. The first-order chi connectivity index (χ1) is 10.4. The summed E-state index contributed by atoms with van der Waals surface area (Å²) in [5, 5.41) is 19.8. The molecule has 3 aliphatic carbocycles. The molecule has 3 saturated carbocycles. The van der Waals surface area contributed by atoms with Crippen LogP contribution in [0.4, 0.5) is 0 Å². The quantitative estimate of drug-likeness (QED) is 0.698.